The minimum atomic E-state index is -0.518. The Morgan fingerprint density at radius 3 is 2.93 bits per heavy atom. The normalized spacial score (nSPS) is 29.1. The van der Waals surface area contributed by atoms with Crippen molar-refractivity contribution in [3.63, 3.8) is 0 Å². The molecule has 1 atom stereocenters. The van der Waals surface area contributed by atoms with Crippen LogP contribution >= 0.6 is 0 Å². The molecule has 1 aliphatic carbocycles. The van der Waals surface area contributed by atoms with E-state index in [1.807, 2.05) is 0 Å². The zero-order valence-electron chi connectivity index (χ0n) is 9.46. The quantitative estimate of drug-likeness (QED) is 0.692. The second-order valence-corrected chi connectivity index (χ2v) is 4.79. The maximum Gasteiger partial charge on any atom is 0.240 e. The average molecular weight is 211 g/mol. The van der Waals surface area contributed by atoms with E-state index in [1.165, 1.54) is 19.4 Å². The van der Waals surface area contributed by atoms with Gasteiger partial charge in [0.25, 0.3) is 0 Å². The molecule has 2 fully saturated rings. The number of hydrogen-bond donors (Lipinski definition) is 2. The molecule has 4 heteroatoms. The third-order valence-corrected chi connectivity index (χ3v) is 3.64. The van der Waals surface area contributed by atoms with Crippen LogP contribution in [0.3, 0.4) is 0 Å². The number of nitrogens with zero attached hydrogens (tertiary/aromatic N) is 1. The van der Waals surface area contributed by atoms with Gasteiger partial charge < -0.3 is 11.1 Å². The van der Waals surface area contributed by atoms with E-state index in [9.17, 15) is 4.79 Å². The molecule has 1 saturated carbocycles. The third kappa shape index (κ3) is 2.32. The van der Waals surface area contributed by atoms with Crippen LogP contribution in [0.2, 0.25) is 0 Å². The van der Waals surface area contributed by atoms with Crippen LogP contribution in [-0.4, -0.2) is 42.0 Å². The number of hydrogen-bond acceptors (Lipinski definition) is 3. The van der Waals surface area contributed by atoms with E-state index in [-0.39, 0.29) is 5.91 Å². The van der Waals surface area contributed by atoms with Crippen molar-refractivity contribution in [3.05, 3.63) is 0 Å². The summed E-state index contributed by atoms with van der Waals surface area (Å²) in [7, 11) is 0. The van der Waals surface area contributed by atoms with Gasteiger partial charge in [-0.3, -0.25) is 9.69 Å². The van der Waals surface area contributed by atoms with Gasteiger partial charge in [-0.2, -0.15) is 0 Å². The van der Waals surface area contributed by atoms with E-state index in [0.29, 0.717) is 6.04 Å². The Morgan fingerprint density at radius 2 is 2.33 bits per heavy atom. The number of carbonyl (C=O) groups excluding carboxylic acids is 1. The molecular weight excluding hydrogens is 190 g/mol. The van der Waals surface area contributed by atoms with Gasteiger partial charge in [0.1, 0.15) is 0 Å². The first kappa shape index (κ1) is 10.9. The highest BCUT2D eigenvalue weighted by Gasteiger charge is 2.45. The van der Waals surface area contributed by atoms with Crippen LogP contribution in [0.1, 0.15) is 32.6 Å². The maximum absolute atomic E-state index is 11.6. The Bertz CT molecular complexity index is 250. The van der Waals surface area contributed by atoms with Gasteiger partial charge in [-0.05, 0) is 38.8 Å². The molecule has 3 N–H and O–H groups in total. The van der Waals surface area contributed by atoms with Crippen LogP contribution in [0.5, 0.6) is 0 Å². The lowest BCUT2D eigenvalue weighted by Gasteiger charge is -2.23. The summed E-state index contributed by atoms with van der Waals surface area (Å²) in [5.74, 6) is 0.0467. The topological polar surface area (TPSA) is 58.4 Å². The smallest absolute Gasteiger partial charge is 0.240 e. The number of carbonyl (C=O) groups is 1. The number of rotatable bonds is 4. The highest BCUT2D eigenvalue weighted by atomic mass is 16.2. The second-order valence-electron chi connectivity index (χ2n) is 4.79. The summed E-state index contributed by atoms with van der Waals surface area (Å²) in [6, 6.07) is 0.529. The Hall–Kier alpha value is -0.610. The molecule has 1 heterocycles. The van der Waals surface area contributed by atoms with Crippen molar-refractivity contribution in [2.24, 2.45) is 5.73 Å². The van der Waals surface area contributed by atoms with Crippen LogP contribution in [0.4, 0.5) is 0 Å². The summed E-state index contributed by atoms with van der Waals surface area (Å²) in [5.41, 5.74) is 5.30. The zero-order chi connectivity index (χ0) is 10.9. The summed E-state index contributed by atoms with van der Waals surface area (Å²) in [4.78, 5) is 14.1. The van der Waals surface area contributed by atoms with E-state index in [2.05, 4.69) is 17.1 Å². The minimum absolute atomic E-state index is 0.0467. The lowest BCUT2D eigenvalue weighted by Crippen LogP contribution is -2.47. The highest BCUT2D eigenvalue weighted by molar-refractivity contribution is 5.88. The predicted molar refractivity (Wildman–Crippen MR) is 59.4 cm³/mol. The van der Waals surface area contributed by atoms with Crippen molar-refractivity contribution >= 4 is 5.91 Å². The second kappa shape index (κ2) is 4.10. The number of nitrogens with two attached hydrogens (primary N) is 1. The van der Waals surface area contributed by atoms with Crippen molar-refractivity contribution in [1.82, 2.24) is 10.2 Å². The van der Waals surface area contributed by atoms with Crippen LogP contribution in [-0.2, 0) is 4.79 Å². The Labute approximate surface area is 91.2 Å². The van der Waals surface area contributed by atoms with Gasteiger partial charge in [0.15, 0.2) is 0 Å². The van der Waals surface area contributed by atoms with Crippen molar-refractivity contribution in [2.45, 2.75) is 44.2 Å². The SMILES string of the molecule is CCN1CCCC1CNC(=O)C1(N)CC1. The molecule has 1 aliphatic heterocycles. The van der Waals surface area contributed by atoms with Gasteiger partial charge in [0.05, 0.1) is 5.54 Å². The molecule has 2 rings (SSSR count). The number of amides is 1. The molecule has 15 heavy (non-hydrogen) atoms. The average Bonchev–Trinajstić information content (AvgIpc) is 2.83. The fourth-order valence-corrected chi connectivity index (χ4v) is 2.29. The van der Waals surface area contributed by atoms with Crippen molar-refractivity contribution in [1.29, 1.82) is 0 Å². The van der Waals surface area contributed by atoms with Crippen molar-refractivity contribution in [3.8, 4) is 0 Å². The van der Waals surface area contributed by atoms with E-state index in [4.69, 9.17) is 5.73 Å². The Morgan fingerprint density at radius 1 is 1.60 bits per heavy atom. The molecule has 0 radical (unpaired) electrons. The number of likely N-dealkylation sites (tertiary alicyclic amines) is 1. The van der Waals surface area contributed by atoms with E-state index < -0.39 is 5.54 Å². The fourth-order valence-electron chi connectivity index (χ4n) is 2.29. The molecule has 0 aromatic rings. The first-order chi connectivity index (χ1) is 7.15. The van der Waals surface area contributed by atoms with E-state index in [1.54, 1.807) is 0 Å². The number of nitrogens with one attached hydrogen (secondary N) is 1. The third-order valence-electron chi connectivity index (χ3n) is 3.64. The molecule has 1 amide bonds. The molecule has 0 aromatic carbocycles. The predicted octanol–water partition coefficient (Wildman–Crippen LogP) is 0.0782. The molecule has 86 valence electrons. The number of likely N-dealkylation sites (N-methyl/N-ethyl adjacent to an activating group) is 1. The van der Waals surface area contributed by atoms with Crippen LogP contribution in [0, 0.1) is 0 Å². The first-order valence-electron chi connectivity index (χ1n) is 5.97. The van der Waals surface area contributed by atoms with Crippen LogP contribution in [0.25, 0.3) is 0 Å². The molecule has 2 aliphatic rings. The molecule has 0 spiro atoms. The first-order valence-corrected chi connectivity index (χ1v) is 5.97. The summed E-state index contributed by atoms with van der Waals surface area (Å²) in [5, 5.41) is 2.99. The van der Waals surface area contributed by atoms with Gasteiger partial charge in [0.2, 0.25) is 5.91 Å². The zero-order valence-corrected chi connectivity index (χ0v) is 9.46. The summed E-state index contributed by atoms with van der Waals surface area (Å²) < 4.78 is 0. The van der Waals surface area contributed by atoms with Gasteiger partial charge in [-0.1, -0.05) is 6.92 Å². The van der Waals surface area contributed by atoms with E-state index in [0.717, 1.165) is 25.9 Å². The Balaban J connectivity index is 1.75. The maximum atomic E-state index is 11.6. The minimum Gasteiger partial charge on any atom is -0.353 e. The monoisotopic (exact) mass is 211 g/mol. The van der Waals surface area contributed by atoms with Crippen LogP contribution < -0.4 is 11.1 Å². The summed E-state index contributed by atoms with van der Waals surface area (Å²) in [6.45, 7) is 5.19. The molecular formula is C11H21N3O. The van der Waals surface area contributed by atoms with Gasteiger partial charge in [-0.25, -0.2) is 0 Å². The lowest BCUT2D eigenvalue weighted by molar-refractivity contribution is -0.123. The highest BCUT2D eigenvalue weighted by Crippen LogP contribution is 2.32. The van der Waals surface area contributed by atoms with Gasteiger partial charge in [-0.15, -0.1) is 0 Å². The fraction of sp³-hybridized carbons (Fsp3) is 0.909. The molecule has 1 unspecified atom stereocenters. The summed E-state index contributed by atoms with van der Waals surface area (Å²) in [6.07, 6.45) is 4.15. The van der Waals surface area contributed by atoms with Crippen molar-refractivity contribution in [2.75, 3.05) is 19.6 Å². The summed E-state index contributed by atoms with van der Waals surface area (Å²) >= 11 is 0. The van der Waals surface area contributed by atoms with Gasteiger partial charge in [0, 0.05) is 12.6 Å². The van der Waals surface area contributed by atoms with E-state index >= 15 is 0 Å². The molecule has 0 bridgehead atoms. The largest absolute Gasteiger partial charge is 0.353 e. The Kier molecular flexibility index (Phi) is 2.98. The molecule has 4 nitrogen and oxygen atoms in total. The standard InChI is InChI=1S/C11H21N3O/c1-2-14-7-3-4-9(14)8-13-10(15)11(12)5-6-11/h9H,2-8,12H2,1H3,(H,13,15). The van der Waals surface area contributed by atoms with Crippen LogP contribution in [0.15, 0.2) is 0 Å². The van der Waals surface area contributed by atoms with Crippen molar-refractivity contribution < 1.29 is 4.79 Å². The molecule has 0 aromatic heterocycles. The molecule has 1 saturated heterocycles. The lowest BCUT2D eigenvalue weighted by atomic mass is 10.2. The van der Waals surface area contributed by atoms with Gasteiger partial charge >= 0.3 is 0 Å².